The van der Waals surface area contributed by atoms with Crippen molar-refractivity contribution in [1.29, 1.82) is 0 Å². The molecule has 0 spiro atoms. The number of hydrogen-bond donors (Lipinski definition) is 0. The minimum Gasteiger partial charge on any atom is -0.452 e. The van der Waals surface area contributed by atoms with Gasteiger partial charge >= 0.3 is 5.97 Å². The number of pyridine rings is 2. The van der Waals surface area contributed by atoms with Crippen molar-refractivity contribution in [3.05, 3.63) is 59.1 Å². The maximum Gasteiger partial charge on any atom is 0.341 e. The first-order chi connectivity index (χ1) is 8.68. The average Bonchev–Trinajstić information content (AvgIpc) is 2.40. The maximum absolute atomic E-state index is 11.9. The van der Waals surface area contributed by atoms with Crippen molar-refractivity contribution >= 4 is 17.6 Å². The SMILES string of the molecule is C[C@H](OC(=O)c1cccnc1Cl)c1ccccn1. The lowest BCUT2D eigenvalue weighted by Gasteiger charge is -2.12. The zero-order chi connectivity index (χ0) is 13.0. The summed E-state index contributed by atoms with van der Waals surface area (Å²) < 4.78 is 5.28. The van der Waals surface area contributed by atoms with Gasteiger partial charge in [-0.1, -0.05) is 17.7 Å². The van der Waals surface area contributed by atoms with Gasteiger partial charge in [-0.25, -0.2) is 9.78 Å². The van der Waals surface area contributed by atoms with Crippen LogP contribution in [-0.2, 0) is 4.74 Å². The van der Waals surface area contributed by atoms with Gasteiger partial charge in [-0.15, -0.1) is 0 Å². The van der Waals surface area contributed by atoms with Crippen molar-refractivity contribution in [2.45, 2.75) is 13.0 Å². The molecule has 0 aliphatic heterocycles. The molecule has 2 aromatic rings. The van der Waals surface area contributed by atoms with Gasteiger partial charge in [-0.3, -0.25) is 4.98 Å². The van der Waals surface area contributed by atoms with Crippen LogP contribution in [0.25, 0.3) is 0 Å². The van der Waals surface area contributed by atoms with Gasteiger partial charge in [0.2, 0.25) is 0 Å². The molecule has 0 aliphatic carbocycles. The van der Waals surface area contributed by atoms with Gasteiger partial charge in [-0.2, -0.15) is 0 Å². The van der Waals surface area contributed by atoms with Crippen LogP contribution >= 0.6 is 11.6 Å². The van der Waals surface area contributed by atoms with Crippen LogP contribution in [0.1, 0.15) is 29.1 Å². The summed E-state index contributed by atoms with van der Waals surface area (Å²) in [6.07, 6.45) is 2.73. The molecule has 18 heavy (non-hydrogen) atoms. The molecule has 0 bridgehead atoms. The van der Waals surface area contributed by atoms with E-state index in [4.69, 9.17) is 16.3 Å². The molecule has 0 aliphatic rings. The first-order valence-electron chi connectivity index (χ1n) is 5.41. The molecule has 92 valence electrons. The van der Waals surface area contributed by atoms with Crippen molar-refractivity contribution in [2.75, 3.05) is 0 Å². The van der Waals surface area contributed by atoms with Crippen LogP contribution in [-0.4, -0.2) is 15.9 Å². The summed E-state index contributed by atoms with van der Waals surface area (Å²) in [5.74, 6) is -0.508. The maximum atomic E-state index is 11.9. The molecule has 5 heteroatoms. The number of aromatic nitrogens is 2. The molecule has 4 nitrogen and oxygen atoms in total. The Bertz CT molecular complexity index is 546. The van der Waals surface area contributed by atoms with Gasteiger partial charge in [0.25, 0.3) is 0 Å². The van der Waals surface area contributed by atoms with Crippen molar-refractivity contribution in [1.82, 2.24) is 9.97 Å². The largest absolute Gasteiger partial charge is 0.452 e. The Hall–Kier alpha value is -1.94. The summed E-state index contributed by atoms with van der Waals surface area (Å²) in [6, 6.07) is 8.64. The van der Waals surface area contributed by atoms with Gasteiger partial charge < -0.3 is 4.74 Å². The molecule has 0 saturated heterocycles. The minimum absolute atomic E-state index is 0.135. The second-order valence-corrected chi connectivity index (χ2v) is 4.00. The fourth-order valence-electron chi connectivity index (χ4n) is 1.44. The minimum atomic E-state index is -0.508. The van der Waals surface area contributed by atoms with E-state index in [0.717, 1.165) is 0 Å². The Balaban J connectivity index is 2.11. The first kappa shape index (κ1) is 12.5. The van der Waals surface area contributed by atoms with Crippen molar-refractivity contribution < 1.29 is 9.53 Å². The van der Waals surface area contributed by atoms with E-state index in [0.29, 0.717) is 5.69 Å². The lowest BCUT2D eigenvalue weighted by atomic mass is 10.2. The lowest BCUT2D eigenvalue weighted by molar-refractivity contribution is 0.0329. The number of hydrogen-bond acceptors (Lipinski definition) is 4. The van der Waals surface area contributed by atoms with Crippen LogP contribution in [0.4, 0.5) is 0 Å². The third-order valence-corrected chi connectivity index (χ3v) is 2.67. The zero-order valence-electron chi connectivity index (χ0n) is 9.71. The van der Waals surface area contributed by atoms with Crippen molar-refractivity contribution in [3.63, 3.8) is 0 Å². The first-order valence-corrected chi connectivity index (χ1v) is 5.78. The molecule has 0 saturated carbocycles. The highest BCUT2D eigenvalue weighted by Crippen LogP contribution is 2.19. The smallest absolute Gasteiger partial charge is 0.341 e. The highest BCUT2D eigenvalue weighted by atomic mass is 35.5. The summed E-state index contributed by atoms with van der Waals surface area (Å²) in [4.78, 5) is 19.8. The molecular weight excluding hydrogens is 252 g/mol. The Morgan fingerprint density at radius 1 is 1.22 bits per heavy atom. The van der Waals surface area contributed by atoms with E-state index in [-0.39, 0.29) is 10.7 Å². The summed E-state index contributed by atoms with van der Waals surface area (Å²) in [7, 11) is 0. The molecule has 1 atom stereocenters. The summed E-state index contributed by atoms with van der Waals surface area (Å²) in [5, 5.41) is 0.135. The van der Waals surface area contributed by atoms with Gasteiger partial charge in [0.05, 0.1) is 11.3 Å². The van der Waals surface area contributed by atoms with Crippen LogP contribution < -0.4 is 0 Å². The standard InChI is InChI=1S/C13H11ClN2O2/c1-9(11-6-2-3-7-15-11)18-13(17)10-5-4-8-16-12(10)14/h2-9H,1H3/t9-/m0/s1. The summed E-state index contributed by atoms with van der Waals surface area (Å²) >= 11 is 5.82. The molecule has 2 aromatic heterocycles. The molecule has 2 rings (SSSR count). The summed E-state index contributed by atoms with van der Waals surface area (Å²) in [6.45, 7) is 1.75. The van der Waals surface area contributed by atoms with Gasteiger partial charge in [0.1, 0.15) is 11.3 Å². The number of rotatable bonds is 3. The average molecular weight is 263 g/mol. The topological polar surface area (TPSA) is 52.1 Å². The molecule has 0 aromatic carbocycles. The molecule has 0 radical (unpaired) electrons. The second-order valence-electron chi connectivity index (χ2n) is 3.64. The predicted octanol–water partition coefficient (Wildman–Crippen LogP) is 3.05. The number of nitrogens with zero attached hydrogens (tertiary/aromatic N) is 2. The van der Waals surface area contributed by atoms with Gasteiger partial charge in [0, 0.05) is 12.4 Å². The van der Waals surface area contributed by atoms with Crippen LogP contribution in [0.3, 0.4) is 0 Å². The number of esters is 1. The van der Waals surface area contributed by atoms with Crippen LogP contribution in [0, 0.1) is 0 Å². The number of ether oxygens (including phenoxy) is 1. The lowest BCUT2D eigenvalue weighted by Crippen LogP contribution is -2.11. The molecular formula is C13H11ClN2O2. The van der Waals surface area contributed by atoms with E-state index in [9.17, 15) is 4.79 Å². The highest BCUT2D eigenvalue weighted by Gasteiger charge is 2.17. The normalized spacial score (nSPS) is 11.9. The Labute approximate surface area is 110 Å². The van der Waals surface area contributed by atoms with E-state index >= 15 is 0 Å². The second kappa shape index (κ2) is 5.60. The highest BCUT2D eigenvalue weighted by molar-refractivity contribution is 6.32. The van der Waals surface area contributed by atoms with E-state index in [1.54, 1.807) is 37.4 Å². The van der Waals surface area contributed by atoms with Crippen LogP contribution in [0.2, 0.25) is 5.15 Å². The predicted molar refractivity (Wildman–Crippen MR) is 67.3 cm³/mol. The Kier molecular flexibility index (Phi) is 3.89. The van der Waals surface area contributed by atoms with E-state index in [1.807, 2.05) is 6.07 Å². The third kappa shape index (κ3) is 2.84. The van der Waals surface area contributed by atoms with Crippen molar-refractivity contribution in [3.8, 4) is 0 Å². The molecule has 0 fully saturated rings. The zero-order valence-corrected chi connectivity index (χ0v) is 10.5. The monoisotopic (exact) mass is 262 g/mol. The van der Waals surface area contributed by atoms with Crippen LogP contribution in [0.5, 0.6) is 0 Å². The Morgan fingerprint density at radius 3 is 2.67 bits per heavy atom. The Morgan fingerprint density at radius 2 is 2.00 bits per heavy atom. The van der Waals surface area contributed by atoms with Gasteiger partial charge in [0.15, 0.2) is 0 Å². The fraction of sp³-hybridized carbons (Fsp3) is 0.154. The number of carbonyl (C=O) groups is 1. The number of halogens is 1. The van der Waals surface area contributed by atoms with Crippen LogP contribution in [0.15, 0.2) is 42.7 Å². The molecule has 0 amide bonds. The molecule has 0 unspecified atom stereocenters. The number of carbonyl (C=O) groups excluding carboxylic acids is 1. The van der Waals surface area contributed by atoms with E-state index in [2.05, 4.69) is 9.97 Å². The fourth-order valence-corrected chi connectivity index (χ4v) is 1.64. The molecule has 0 N–H and O–H groups in total. The summed E-state index contributed by atoms with van der Waals surface area (Å²) in [5.41, 5.74) is 0.938. The third-order valence-electron chi connectivity index (χ3n) is 2.37. The quantitative estimate of drug-likeness (QED) is 0.630. The van der Waals surface area contributed by atoms with E-state index < -0.39 is 12.1 Å². The van der Waals surface area contributed by atoms with Gasteiger partial charge in [-0.05, 0) is 31.2 Å². The van der Waals surface area contributed by atoms with E-state index in [1.165, 1.54) is 6.20 Å². The molecule has 2 heterocycles. The van der Waals surface area contributed by atoms with Crippen molar-refractivity contribution in [2.24, 2.45) is 0 Å².